The van der Waals surface area contributed by atoms with E-state index in [4.69, 9.17) is 0 Å². The summed E-state index contributed by atoms with van der Waals surface area (Å²) < 4.78 is 1.03. The van der Waals surface area contributed by atoms with Crippen LogP contribution in [0.1, 0.15) is 18.9 Å². The van der Waals surface area contributed by atoms with E-state index in [9.17, 15) is 0 Å². The molecule has 0 aliphatic rings. The molecule has 0 unspecified atom stereocenters. The first-order valence-corrected chi connectivity index (χ1v) is 6.10. The summed E-state index contributed by atoms with van der Waals surface area (Å²) in [4.78, 5) is 4.31. The van der Waals surface area contributed by atoms with Gasteiger partial charge in [0.1, 0.15) is 5.82 Å². The van der Waals surface area contributed by atoms with Gasteiger partial charge in [-0.1, -0.05) is 6.92 Å². The lowest BCUT2D eigenvalue weighted by Gasteiger charge is -2.08. The largest absolute Gasteiger partial charge is 0.368 e. The van der Waals surface area contributed by atoms with Crippen molar-refractivity contribution in [3.8, 4) is 0 Å². The standard InChI is InChI=1S/C11H18BrN3/c1-3-4-13-5-6-14-11-10(12)7-9(2)8-15-11/h7-8,13H,3-6H2,1-2H3,(H,14,15). The third-order valence-corrected chi connectivity index (χ3v) is 2.60. The summed E-state index contributed by atoms with van der Waals surface area (Å²) in [6.07, 6.45) is 3.04. The van der Waals surface area contributed by atoms with E-state index < -0.39 is 0 Å². The number of hydrogen-bond donors (Lipinski definition) is 2. The number of rotatable bonds is 6. The molecule has 0 bridgehead atoms. The van der Waals surface area contributed by atoms with E-state index in [-0.39, 0.29) is 0 Å². The molecule has 1 heterocycles. The lowest BCUT2D eigenvalue weighted by atomic mass is 10.3. The minimum atomic E-state index is 0.897. The van der Waals surface area contributed by atoms with Crippen molar-refractivity contribution in [1.82, 2.24) is 10.3 Å². The number of pyridine rings is 1. The zero-order valence-corrected chi connectivity index (χ0v) is 10.9. The van der Waals surface area contributed by atoms with Crippen molar-refractivity contribution in [1.29, 1.82) is 0 Å². The van der Waals surface area contributed by atoms with E-state index in [0.29, 0.717) is 0 Å². The van der Waals surface area contributed by atoms with Crippen molar-refractivity contribution in [3.05, 3.63) is 22.3 Å². The Hall–Kier alpha value is -0.610. The second-order valence-electron chi connectivity index (χ2n) is 3.52. The minimum absolute atomic E-state index is 0.897. The molecule has 0 radical (unpaired) electrons. The Morgan fingerprint density at radius 2 is 2.13 bits per heavy atom. The SMILES string of the molecule is CCCNCCNc1ncc(C)cc1Br. The molecule has 0 aliphatic carbocycles. The zero-order valence-electron chi connectivity index (χ0n) is 9.31. The smallest absolute Gasteiger partial charge is 0.140 e. The maximum Gasteiger partial charge on any atom is 0.140 e. The average Bonchev–Trinajstić information content (AvgIpc) is 2.20. The van der Waals surface area contributed by atoms with Gasteiger partial charge in [-0.25, -0.2) is 4.98 Å². The van der Waals surface area contributed by atoms with Gasteiger partial charge in [-0.2, -0.15) is 0 Å². The fraction of sp³-hybridized carbons (Fsp3) is 0.545. The molecular formula is C11H18BrN3. The fourth-order valence-electron chi connectivity index (χ4n) is 1.23. The normalized spacial score (nSPS) is 10.3. The van der Waals surface area contributed by atoms with Crippen LogP contribution in [0.2, 0.25) is 0 Å². The Bertz CT molecular complexity index is 302. The van der Waals surface area contributed by atoms with Gasteiger partial charge in [0, 0.05) is 19.3 Å². The minimum Gasteiger partial charge on any atom is -0.368 e. The highest BCUT2D eigenvalue weighted by Crippen LogP contribution is 2.19. The van der Waals surface area contributed by atoms with E-state index in [0.717, 1.165) is 35.5 Å². The van der Waals surface area contributed by atoms with Gasteiger partial charge in [0.05, 0.1) is 4.47 Å². The second-order valence-corrected chi connectivity index (χ2v) is 4.37. The quantitative estimate of drug-likeness (QED) is 0.781. The first-order valence-electron chi connectivity index (χ1n) is 5.30. The molecule has 4 heteroatoms. The van der Waals surface area contributed by atoms with E-state index in [2.05, 4.69) is 44.5 Å². The maximum atomic E-state index is 4.31. The lowest BCUT2D eigenvalue weighted by Crippen LogP contribution is -2.23. The molecule has 0 fully saturated rings. The summed E-state index contributed by atoms with van der Waals surface area (Å²) in [6, 6.07) is 2.06. The molecule has 0 amide bonds. The van der Waals surface area contributed by atoms with Gasteiger partial charge < -0.3 is 10.6 Å². The van der Waals surface area contributed by atoms with Crippen LogP contribution in [0, 0.1) is 6.92 Å². The van der Waals surface area contributed by atoms with Crippen LogP contribution >= 0.6 is 15.9 Å². The van der Waals surface area contributed by atoms with Gasteiger partial charge >= 0.3 is 0 Å². The van der Waals surface area contributed by atoms with Crippen LogP contribution in [0.4, 0.5) is 5.82 Å². The summed E-state index contributed by atoms with van der Waals surface area (Å²) >= 11 is 3.48. The Balaban J connectivity index is 2.31. The van der Waals surface area contributed by atoms with E-state index in [1.807, 2.05) is 13.1 Å². The van der Waals surface area contributed by atoms with Crippen LogP contribution in [0.15, 0.2) is 16.7 Å². The lowest BCUT2D eigenvalue weighted by molar-refractivity contribution is 0.687. The Morgan fingerprint density at radius 1 is 1.33 bits per heavy atom. The number of hydrogen-bond acceptors (Lipinski definition) is 3. The first-order chi connectivity index (χ1) is 7.24. The Morgan fingerprint density at radius 3 is 2.80 bits per heavy atom. The predicted octanol–water partition coefficient (Wildman–Crippen LogP) is 2.56. The maximum absolute atomic E-state index is 4.31. The molecule has 0 atom stereocenters. The summed E-state index contributed by atoms with van der Waals surface area (Å²) in [5.74, 6) is 0.916. The molecule has 0 saturated heterocycles. The third-order valence-electron chi connectivity index (χ3n) is 2.00. The number of aryl methyl sites for hydroxylation is 1. The van der Waals surface area contributed by atoms with Crippen molar-refractivity contribution in [2.45, 2.75) is 20.3 Å². The van der Waals surface area contributed by atoms with Crippen molar-refractivity contribution in [2.24, 2.45) is 0 Å². The monoisotopic (exact) mass is 271 g/mol. The highest BCUT2D eigenvalue weighted by atomic mass is 79.9. The van der Waals surface area contributed by atoms with E-state index >= 15 is 0 Å². The van der Waals surface area contributed by atoms with Crippen molar-refractivity contribution >= 4 is 21.7 Å². The predicted molar refractivity (Wildman–Crippen MR) is 68.3 cm³/mol. The van der Waals surface area contributed by atoms with E-state index in [1.165, 1.54) is 6.42 Å². The molecule has 2 N–H and O–H groups in total. The second kappa shape index (κ2) is 6.80. The van der Waals surface area contributed by atoms with Crippen LogP contribution in [0.5, 0.6) is 0 Å². The number of halogens is 1. The topological polar surface area (TPSA) is 37.0 Å². The highest BCUT2D eigenvalue weighted by molar-refractivity contribution is 9.10. The average molecular weight is 272 g/mol. The zero-order chi connectivity index (χ0) is 11.1. The van der Waals surface area contributed by atoms with Crippen LogP contribution in [-0.2, 0) is 0 Å². The van der Waals surface area contributed by atoms with Crippen LogP contribution in [-0.4, -0.2) is 24.6 Å². The van der Waals surface area contributed by atoms with Gasteiger partial charge in [0.25, 0.3) is 0 Å². The van der Waals surface area contributed by atoms with Gasteiger partial charge in [-0.15, -0.1) is 0 Å². The molecule has 0 aromatic carbocycles. The summed E-state index contributed by atoms with van der Waals surface area (Å²) in [5, 5.41) is 6.61. The van der Waals surface area contributed by atoms with E-state index in [1.54, 1.807) is 0 Å². The molecule has 84 valence electrons. The molecule has 1 aromatic rings. The molecular weight excluding hydrogens is 254 g/mol. The third kappa shape index (κ3) is 4.62. The van der Waals surface area contributed by atoms with Crippen molar-refractivity contribution in [3.63, 3.8) is 0 Å². The molecule has 0 aliphatic heterocycles. The molecule has 15 heavy (non-hydrogen) atoms. The van der Waals surface area contributed by atoms with Gasteiger partial charge in [-0.3, -0.25) is 0 Å². The van der Waals surface area contributed by atoms with Gasteiger partial charge in [0.15, 0.2) is 0 Å². The van der Waals surface area contributed by atoms with Gasteiger partial charge in [-0.05, 0) is 47.4 Å². The number of nitrogens with zero attached hydrogens (tertiary/aromatic N) is 1. The van der Waals surface area contributed by atoms with Crippen LogP contribution in [0.3, 0.4) is 0 Å². The number of anilines is 1. The molecule has 3 nitrogen and oxygen atoms in total. The summed E-state index contributed by atoms with van der Waals surface area (Å²) in [5.41, 5.74) is 1.16. The first kappa shape index (κ1) is 12.5. The summed E-state index contributed by atoms with van der Waals surface area (Å²) in [6.45, 7) is 7.14. The molecule has 0 spiro atoms. The molecule has 1 aromatic heterocycles. The Labute approximate surface area is 99.8 Å². The van der Waals surface area contributed by atoms with Crippen molar-refractivity contribution < 1.29 is 0 Å². The highest BCUT2D eigenvalue weighted by Gasteiger charge is 1.99. The molecule has 0 saturated carbocycles. The fourth-order valence-corrected chi connectivity index (χ4v) is 1.84. The van der Waals surface area contributed by atoms with Crippen molar-refractivity contribution in [2.75, 3.05) is 25.0 Å². The summed E-state index contributed by atoms with van der Waals surface area (Å²) in [7, 11) is 0. The van der Waals surface area contributed by atoms with Crippen LogP contribution in [0.25, 0.3) is 0 Å². The number of aromatic nitrogens is 1. The number of nitrogens with one attached hydrogen (secondary N) is 2. The Kier molecular flexibility index (Phi) is 5.65. The van der Waals surface area contributed by atoms with Crippen LogP contribution < -0.4 is 10.6 Å². The van der Waals surface area contributed by atoms with Gasteiger partial charge in [0.2, 0.25) is 0 Å². The molecule has 1 rings (SSSR count).